The normalized spacial score (nSPS) is 71.0. The second-order valence-electron chi connectivity index (χ2n) is 24.8. The predicted octanol–water partition coefficient (Wildman–Crippen LogP) is 10.3. The maximum atomic E-state index is 4.07. The van der Waals surface area contributed by atoms with Crippen molar-refractivity contribution in [1.82, 2.24) is 10.6 Å². The van der Waals surface area contributed by atoms with Gasteiger partial charge in [-0.15, -0.1) is 0 Å². The van der Waals surface area contributed by atoms with E-state index in [9.17, 15) is 0 Å². The summed E-state index contributed by atoms with van der Waals surface area (Å²) in [5.74, 6) is 5.99. The van der Waals surface area contributed by atoms with Crippen LogP contribution in [0, 0.1) is 35.5 Å². The number of benzene rings is 2. The molecule has 9 unspecified atom stereocenters. The molecule has 2 nitrogen and oxygen atoms in total. The van der Waals surface area contributed by atoms with Gasteiger partial charge < -0.3 is 0 Å². The number of hydrogen-bond acceptors (Lipinski definition) is 2. The average Bonchev–Trinajstić information content (AvgIpc) is 3.90. The average molecular weight is 759 g/mol. The van der Waals surface area contributed by atoms with Crippen LogP contribution in [0.5, 0.6) is 0 Å². The predicted molar refractivity (Wildman–Crippen MR) is 211 cm³/mol. The summed E-state index contributed by atoms with van der Waals surface area (Å²) in [5, 5.41) is 8.96. The van der Waals surface area contributed by atoms with E-state index in [0.717, 1.165) is 46.0 Å². The van der Waals surface area contributed by atoms with Gasteiger partial charge in [-0.05, 0) is 0 Å². The van der Waals surface area contributed by atoms with Crippen LogP contribution < -0.4 is 10.6 Å². The number of nitrogens with one attached hydrogen (secondary N) is 2. The van der Waals surface area contributed by atoms with Gasteiger partial charge in [0.1, 0.15) is 0 Å². The van der Waals surface area contributed by atoms with Crippen molar-refractivity contribution in [3.63, 3.8) is 0 Å². The molecule has 2 aromatic carbocycles. The summed E-state index contributed by atoms with van der Waals surface area (Å²) in [5.41, 5.74) is 4.90. The van der Waals surface area contributed by atoms with Crippen LogP contribution in [0.3, 0.4) is 0 Å². The molecule has 9 atom stereocenters. The minimum absolute atomic E-state index is 0.0800. The van der Waals surface area contributed by atoms with Crippen LogP contribution in [0.4, 0.5) is 0 Å². The molecular formula is C46H60FeN2P2. The number of rotatable bonds is 8. The van der Waals surface area contributed by atoms with Crippen molar-refractivity contribution >= 4 is 17.2 Å². The minimum atomic E-state index is -4.64. The number of fused-ring (bicyclic) bond motifs is 10. The second kappa shape index (κ2) is 5.06. The summed E-state index contributed by atoms with van der Waals surface area (Å²) in [7, 11) is 3.99. The van der Waals surface area contributed by atoms with Crippen molar-refractivity contribution in [2.75, 3.05) is 32.3 Å². The van der Waals surface area contributed by atoms with Crippen molar-refractivity contribution in [3.05, 3.63) is 71.8 Å². The van der Waals surface area contributed by atoms with Crippen LogP contribution >= 0.6 is 17.2 Å². The summed E-state index contributed by atoms with van der Waals surface area (Å²) in [6.45, 7) is 8.85. The third-order valence-corrected chi connectivity index (χ3v) is 78.2. The molecule has 0 amide bonds. The van der Waals surface area contributed by atoms with Crippen LogP contribution in [-0.2, 0) is 15.1 Å². The molecule has 16 aliphatic rings. The Bertz CT molecular complexity index is 2370. The molecule has 51 heavy (non-hydrogen) atoms. The van der Waals surface area contributed by atoms with E-state index in [1.54, 1.807) is 38.3 Å². The third kappa shape index (κ3) is 0.871. The molecule has 2 N–H and O–H groups in total. The molecule has 0 radical (unpaired) electrons. The third-order valence-electron chi connectivity index (χ3n) is 27.8. The molecule has 12 saturated heterocycles. The van der Waals surface area contributed by atoms with Gasteiger partial charge in [0.25, 0.3) is 0 Å². The molecule has 5 heteroatoms. The van der Waals surface area contributed by atoms with Gasteiger partial charge in [-0.3, -0.25) is 0 Å². The summed E-state index contributed by atoms with van der Waals surface area (Å²) in [6.07, 6.45) is 12.6. The zero-order valence-electron chi connectivity index (χ0n) is 31.1. The van der Waals surface area contributed by atoms with Crippen LogP contribution in [0.1, 0.15) is 76.8 Å². The van der Waals surface area contributed by atoms with Gasteiger partial charge in [-0.25, -0.2) is 0 Å². The first-order valence-corrected chi connectivity index (χ1v) is 30.0. The van der Waals surface area contributed by atoms with E-state index in [0.29, 0.717) is 27.6 Å². The molecule has 272 valence electrons. The molecule has 4 bridgehead atoms. The Kier molecular flexibility index (Phi) is 2.80. The Labute approximate surface area is 300 Å². The van der Waals surface area contributed by atoms with E-state index in [-0.39, 0.29) is 7.92 Å². The van der Waals surface area contributed by atoms with Crippen molar-refractivity contribution in [2.45, 2.75) is 128 Å². The van der Waals surface area contributed by atoms with Crippen LogP contribution in [0.2, 0.25) is 37.5 Å². The molecular weight excluding hydrogens is 698 g/mol. The molecule has 2 aromatic rings. The Morgan fingerprint density at radius 1 is 0.725 bits per heavy atom. The topological polar surface area (TPSA) is 24.1 Å². The molecule has 16 fully saturated rings. The van der Waals surface area contributed by atoms with E-state index < -0.39 is 6.51 Å². The fourth-order valence-corrected chi connectivity index (χ4v) is 123. The summed E-state index contributed by atoms with van der Waals surface area (Å²) >= 11 is 0. The second-order valence-corrected chi connectivity index (χ2v) is 51.6. The Morgan fingerprint density at radius 2 is 1.24 bits per heavy atom. The zero-order valence-corrected chi connectivity index (χ0v) is 34.3. The SMILES string of the molecule is CC(C)(C)P(C[C]12[C]3(c4ccccc4)[C]4(c5ccccc5)[CH]5[C]1(C(P)(C1CCNC1)C1CCNC1)[Fe]54231678[CH]2[CH]1[CH]6[CH]7[CH]28)C1C2CC3CC(C2)CC1C3. The van der Waals surface area contributed by atoms with Crippen LogP contribution in [-0.4, -0.2) is 48.3 Å². The Hall–Kier alpha value is -0.261. The Balaban J connectivity index is 1.01. The van der Waals surface area contributed by atoms with E-state index in [2.05, 4.69) is 101 Å². The number of hydrogen-bond donors (Lipinski definition) is 2. The molecule has 4 saturated carbocycles. The Morgan fingerprint density at radius 3 is 1.69 bits per heavy atom. The summed E-state index contributed by atoms with van der Waals surface area (Å²) in [4.78, 5) is 7.23. The molecule has 1 spiro atoms. The monoisotopic (exact) mass is 758 g/mol. The summed E-state index contributed by atoms with van der Waals surface area (Å²) < 4.78 is 2.54. The van der Waals surface area contributed by atoms with Gasteiger partial charge in [-0.2, -0.15) is 0 Å². The molecule has 18 rings (SSSR count). The van der Waals surface area contributed by atoms with Gasteiger partial charge in [-0.1, -0.05) is 0 Å². The van der Waals surface area contributed by atoms with Gasteiger partial charge >= 0.3 is 302 Å². The van der Waals surface area contributed by atoms with Gasteiger partial charge in [0.15, 0.2) is 0 Å². The van der Waals surface area contributed by atoms with Crippen molar-refractivity contribution in [1.29, 1.82) is 0 Å². The van der Waals surface area contributed by atoms with Crippen LogP contribution in [0.25, 0.3) is 0 Å². The van der Waals surface area contributed by atoms with Crippen molar-refractivity contribution in [2.24, 2.45) is 35.5 Å². The molecule has 12 aliphatic heterocycles. The van der Waals surface area contributed by atoms with Crippen LogP contribution in [0.15, 0.2) is 60.7 Å². The molecule has 0 aromatic heterocycles. The van der Waals surface area contributed by atoms with Gasteiger partial charge in [0, 0.05) is 0 Å². The van der Waals surface area contributed by atoms with Gasteiger partial charge in [0.2, 0.25) is 0 Å². The fraction of sp³-hybridized carbons (Fsp3) is 0.739. The molecule has 4 aliphatic carbocycles. The first-order valence-electron chi connectivity index (χ1n) is 21.8. The standard InChI is InChI=1S/C41H55N2P2.C5H5.Fe/c1-40(2,3)45(39-31-19-27-18-28(21-31)22-32(39)20-27)26-36-37(41(44,33-14-16-42-24-33)34-15-17-43-25-34)23-35(29-10-6-4-7-11-29)38(36)30-12-8-5-9-13-30;1-2-4-5-3-1;/h4-13,23,27-28,31-34,39,42-43H,14-22,24-26,44H2,1-3H3;1-5H;. The van der Waals surface area contributed by atoms with E-state index in [1.165, 1.54) is 63.1 Å². The molecule has 12 heterocycles. The fourth-order valence-electron chi connectivity index (χ4n) is 31.0. The summed E-state index contributed by atoms with van der Waals surface area (Å²) in [6, 6.07) is 25.8. The van der Waals surface area contributed by atoms with E-state index >= 15 is 0 Å². The quantitative estimate of drug-likeness (QED) is 0.207. The van der Waals surface area contributed by atoms with Gasteiger partial charge in [0.05, 0.1) is 0 Å². The van der Waals surface area contributed by atoms with Crippen molar-refractivity contribution in [3.8, 4) is 0 Å². The van der Waals surface area contributed by atoms with E-state index in [1.807, 2.05) is 11.1 Å². The van der Waals surface area contributed by atoms with Crippen molar-refractivity contribution < 1.29 is 6.51 Å². The zero-order chi connectivity index (χ0) is 33.5. The first-order chi connectivity index (χ1) is 24.5. The van der Waals surface area contributed by atoms with E-state index in [4.69, 9.17) is 0 Å². The first kappa shape index (κ1) is 28.2. The maximum absolute atomic E-state index is 4.64.